The molecule has 0 aliphatic heterocycles. The number of ether oxygens (including phenoxy) is 1. The first-order chi connectivity index (χ1) is 9.47. The fourth-order valence-corrected chi connectivity index (χ4v) is 2.83. The SMILES string of the molecule is N=C(N)c1cc(F)ccc1COc1ccc(Br)cc1Br. The molecule has 0 fully saturated rings. The number of nitrogen functional groups attached to an aromatic ring is 1. The maximum Gasteiger partial charge on any atom is 0.134 e. The van der Waals surface area contributed by atoms with Crippen LogP contribution in [-0.2, 0) is 6.61 Å². The van der Waals surface area contributed by atoms with Crippen LogP contribution in [0.15, 0.2) is 45.3 Å². The van der Waals surface area contributed by atoms with Crippen LogP contribution >= 0.6 is 31.9 Å². The van der Waals surface area contributed by atoms with Gasteiger partial charge in [-0.2, -0.15) is 0 Å². The monoisotopic (exact) mass is 400 g/mol. The molecule has 3 N–H and O–H groups in total. The number of nitrogens with one attached hydrogen (secondary N) is 1. The lowest BCUT2D eigenvalue weighted by Gasteiger charge is -2.11. The molecule has 3 nitrogen and oxygen atoms in total. The van der Waals surface area contributed by atoms with Gasteiger partial charge in [-0.05, 0) is 46.3 Å². The molecule has 2 rings (SSSR count). The van der Waals surface area contributed by atoms with Crippen molar-refractivity contribution in [3.05, 3.63) is 62.3 Å². The normalized spacial score (nSPS) is 10.3. The molecule has 0 aliphatic carbocycles. The molecule has 0 radical (unpaired) electrons. The first-order valence-corrected chi connectivity index (χ1v) is 7.26. The van der Waals surface area contributed by atoms with E-state index in [1.165, 1.54) is 12.1 Å². The van der Waals surface area contributed by atoms with Gasteiger partial charge in [-0.1, -0.05) is 22.0 Å². The minimum absolute atomic E-state index is 0.182. The molecule has 0 amide bonds. The molecule has 0 unspecified atom stereocenters. The standard InChI is InChI=1S/C14H11Br2FN2O/c15-9-2-4-13(12(16)5-9)20-7-8-1-3-10(17)6-11(8)14(18)19/h1-6H,7H2,(H3,18,19). The van der Waals surface area contributed by atoms with Gasteiger partial charge in [0.25, 0.3) is 0 Å². The average molecular weight is 402 g/mol. The first kappa shape index (κ1) is 15.0. The molecule has 6 heteroatoms. The van der Waals surface area contributed by atoms with E-state index in [1.807, 2.05) is 18.2 Å². The van der Waals surface area contributed by atoms with E-state index in [0.29, 0.717) is 16.9 Å². The van der Waals surface area contributed by atoms with Crippen molar-refractivity contribution in [2.75, 3.05) is 0 Å². The Morgan fingerprint density at radius 3 is 2.60 bits per heavy atom. The molecule has 0 aromatic heterocycles. The molecule has 0 saturated carbocycles. The van der Waals surface area contributed by atoms with E-state index >= 15 is 0 Å². The lowest BCUT2D eigenvalue weighted by Crippen LogP contribution is -2.15. The van der Waals surface area contributed by atoms with E-state index in [0.717, 1.165) is 8.95 Å². The first-order valence-electron chi connectivity index (χ1n) is 5.68. The Morgan fingerprint density at radius 1 is 1.20 bits per heavy atom. The molecule has 0 atom stereocenters. The van der Waals surface area contributed by atoms with Crippen molar-refractivity contribution in [2.24, 2.45) is 5.73 Å². The summed E-state index contributed by atoms with van der Waals surface area (Å²) in [5.74, 6) is 0.0498. The highest BCUT2D eigenvalue weighted by Gasteiger charge is 2.09. The van der Waals surface area contributed by atoms with Crippen LogP contribution < -0.4 is 10.5 Å². The quantitative estimate of drug-likeness (QED) is 0.595. The maximum absolute atomic E-state index is 13.2. The van der Waals surface area contributed by atoms with Gasteiger partial charge in [0, 0.05) is 15.6 Å². The minimum atomic E-state index is -0.427. The predicted molar refractivity (Wildman–Crippen MR) is 83.6 cm³/mol. The van der Waals surface area contributed by atoms with Crippen LogP contribution in [0, 0.1) is 11.2 Å². The summed E-state index contributed by atoms with van der Waals surface area (Å²) in [5, 5.41) is 7.47. The van der Waals surface area contributed by atoms with Gasteiger partial charge in [0.2, 0.25) is 0 Å². The Labute approximate surface area is 132 Å². The van der Waals surface area contributed by atoms with E-state index in [1.54, 1.807) is 6.07 Å². The highest BCUT2D eigenvalue weighted by Crippen LogP contribution is 2.29. The Hall–Kier alpha value is -1.40. The zero-order chi connectivity index (χ0) is 14.7. The number of amidine groups is 1. The summed E-state index contributed by atoms with van der Waals surface area (Å²) in [6.45, 7) is 0.204. The third-order valence-electron chi connectivity index (χ3n) is 2.64. The zero-order valence-electron chi connectivity index (χ0n) is 10.3. The molecule has 0 aliphatic rings. The maximum atomic E-state index is 13.2. The van der Waals surface area contributed by atoms with Crippen LogP contribution in [0.3, 0.4) is 0 Å². The van der Waals surface area contributed by atoms with Gasteiger partial charge in [-0.3, -0.25) is 5.41 Å². The topological polar surface area (TPSA) is 59.1 Å². The van der Waals surface area contributed by atoms with Crippen molar-refractivity contribution in [1.29, 1.82) is 5.41 Å². The van der Waals surface area contributed by atoms with Crippen LogP contribution in [0.2, 0.25) is 0 Å². The number of benzene rings is 2. The van der Waals surface area contributed by atoms with Gasteiger partial charge in [0.15, 0.2) is 0 Å². The van der Waals surface area contributed by atoms with E-state index in [2.05, 4.69) is 31.9 Å². The zero-order valence-corrected chi connectivity index (χ0v) is 13.5. The van der Waals surface area contributed by atoms with E-state index in [9.17, 15) is 4.39 Å². The summed E-state index contributed by atoms with van der Waals surface area (Å²) in [4.78, 5) is 0. The number of halogens is 3. The van der Waals surface area contributed by atoms with Crippen LogP contribution in [0.25, 0.3) is 0 Å². The van der Waals surface area contributed by atoms with Crippen molar-refractivity contribution in [3.63, 3.8) is 0 Å². The Kier molecular flexibility index (Phi) is 4.77. The summed E-state index contributed by atoms with van der Waals surface area (Å²) >= 11 is 6.76. The Balaban J connectivity index is 2.20. The number of rotatable bonds is 4. The highest BCUT2D eigenvalue weighted by molar-refractivity contribution is 9.11. The summed E-state index contributed by atoms with van der Waals surface area (Å²) in [5.41, 5.74) is 6.45. The summed E-state index contributed by atoms with van der Waals surface area (Å²) < 4.78 is 20.6. The summed E-state index contributed by atoms with van der Waals surface area (Å²) in [6.07, 6.45) is 0. The van der Waals surface area contributed by atoms with Crippen molar-refractivity contribution >= 4 is 37.7 Å². The van der Waals surface area contributed by atoms with Gasteiger partial charge in [0.1, 0.15) is 24.0 Å². The van der Waals surface area contributed by atoms with Crippen LogP contribution in [0.4, 0.5) is 4.39 Å². The largest absolute Gasteiger partial charge is 0.488 e. The molecule has 2 aromatic carbocycles. The molecule has 0 bridgehead atoms. The van der Waals surface area contributed by atoms with Crippen LogP contribution in [-0.4, -0.2) is 5.84 Å². The highest BCUT2D eigenvalue weighted by atomic mass is 79.9. The minimum Gasteiger partial charge on any atom is -0.488 e. The second-order valence-electron chi connectivity index (χ2n) is 4.08. The molecule has 2 aromatic rings. The second-order valence-corrected chi connectivity index (χ2v) is 5.85. The van der Waals surface area contributed by atoms with E-state index in [-0.39, 0.29) is 12.4 Å². The van der Waals surface area contributed by atoms with Gasteiger partial charge in [-0.25, -0.2) is 4.39 Å². The number of hydrogen-bond donors (Lipinski definition) is 2. The smallest absolute Gasteiger partial charge is 0.134 e. The predicted octanol–water partition coefficient (Wildman–Crippen LogP) is 4.21. The molecular formula is C14H11Br2FN2O. The molecule has 0 saturated heterocycles. The molecule has 0 spiro atoms. The van der Waals surface area contributed by atoms with Gasteiger partial charge in [-0.15, -0.1) is 0 Å². The lowest BCUT2D eigenvalue weighted by atomic mass is 10.1. The van der Waals surface area contributed by atoms with Gasteiger partial charge >= 0.3 is 0 Å². The van der Waals surface area contributed by atoms with Crippen molar-refractivity contribution in [2.45, 2.75) is 6.61 Å². The fraction of sp³-hybridized carbons (Fsp3) is 0.0714. The van der Waals surface area contributed by atoms with E-state index in [4.69, 9.17) is 15.9 Å². The average Bonchev–Trinajstić information content (AvgIpc) is 2.38. The van der Waals surface area contributed by atoms with Crippen molar-refractivity contribution in [3.8, 4) is 5.75 Å². The van der Waals surface area contributed by atoms with Gasteiger partial charge in [0.05, 0.1) is 4.47 Å². The fourth-order valence-electron chi connectivity index (χ4n) is 1.67. The molecular weight excluding hydrogens is 391 g/mol. The van der Waals surface area contributed by atoms with Crippen molar-refractivity contribution < 1.29 is 9.13 Å². The van der Waals surface area contributed by atoms with Crippen LogP contribution in [0.1, 0.15) is 11.1 Å². The molecule has 20 heavy (non-hydrogen) atoms. The van der Waals surface area contributed by atoms with Crippen LogP contribution in [0.5, 0.6) is 5.75 Å². The second kappa shape index (κ2) is 6.37. The molecule has 104 valence electrons. The summed E-state index contributed by atoms with van der Waals surface area (Å²) in [6, 6.07) is 9.66. The van der Waals surface area contributed by atoms with E-state index < -0.39 is 5.82 Å². The number of nitrogens with two attached hydrogens (primary N) is 1. The Bertz CT molecular complexity index is 662. The lowest BCUT2D eigenvalue weighted by molar-refractivity contribution is 0.304. The number of hydrogen-bond acceptors (Lipinski definition) is 2. The molecule has 0 heterocycles. The van der Waals surface area contributed by atoms with Gasteiger partial charge < -0.3 is 10.5 Å². The third kappa shape index (κ3) is 3.58. The Morgan fingerprint density at radius 2 is 1.95 bits per heavy atom. The van der Waals surface area contributed by atoms with Crippen molar-refractivity contribution in [1.82, 2.24) is 0 Å². The third-order valence-corrected chi connectivity index (χ3v) is 3.75. The summed E-state index contributed by atoms with van der Waals surface area (Å²) in [7, 11) is 0.